The lowest BCUT2D eigenvalue weighted by Gasteiger charge is -2.15. The Bertz CT molecular complexity index is 333. The highest BCUT2D eigenvalue weighted by molar-refractivity contribution is 5.77. The Labute approximate surface area is 102 Å². The van der Waals surface area contributed by atoms with E-state index in [1.165, 1.54) is 7.11 Å². The van der Waals surface area contributed by atoms with Gasteiger partial charge < -0.3 is 9.84 Å². The highest BCUT2D eigenvalue weighted by Gasteiger charge is 2.20. The molecule has 0 aromatic heterocycles. The smallest absolute Gasteiger partial charge is 0.313 e. The van der Waals surface area contributed by atoms with Gasteiger partial charge in [0.2, 0.25) is 0 Å². The number of methoxy groups -OCH3 is 1. The standard InChI is InChI=1S/C14H20O3/c1-11(15)7-6-10-13(14(16)17-2)12-8-4-3-5-9-12/h3-5,8-9,11,13,15H,6-7,10H2,1-2H3. The van der Waals surface area contributed by atoms with Crippen molar-refractivity contribution >= 4 is 5.97 Å². The molecule has 0 bridgehead atoms. The molecule has 94 valence electrons. The van der Waals surface area contributed by atoms with Crippen molar-refractivity contribution in [3.05, 3.63) is 35.9 Å². The van der Waals surface area contributed by atoms with E-state index in [2.05, 4.69) is 0 Å². The monoisotopic (exact) mass is 236 g/mol. The van der Waals surface area contributed by atoms with Crippen LogP contribution >= 0.6 is 0 Å². The number of hydrogen-bond donors (Lipinski definition) is 1. The molecule has 3 nitrogen and oxygen atoms in total. The molecule has 2 unspecified atom stereocenters. The first-order valence-corrected chi connectivity index (χ1v) is 5.96. The van der Waals surface area contributed by atoms with E-state index < -0.39 is 0 Å². The zero-order valence-electron chi connectivity index (χ0n) is 10.4. The molecule has 2 atom stereocenters. The Kier molecular flexibility index (Phi) is 5.70. The van der Waals surface area contributed by atoms with E-state index >= 15 is 0 Å². The SMILES string of the molecule is COC(=O)C(CCCC(C)O)c1ccccc1. The van der Waals surface area contributed by atoms with Crippen LogP contribution in [0, 0.1) is 0 Å². The lowest BCUT2D eigenvalue weighted by atomic mass is 9.93. The number of rotatable bonds is 6. The lowest BCUT2D eigenvalue weighted by molar-refractivity contribution is -0.142. The maximum absolute atomic E-state index is 11.7. The van der Waals surface area contributed by atoms with Crippen LogP contribution in [0.4, 0.5) is 0 Å². The summed E-state index contributed by atoms with van der Waals surface area (Å²) in [6.45, 7) is 1.76. The molecule has 0 fully saturated rings. The van der Waals surface area contributed by atoms with Crippen LogP contribution in [0.25, 0.3) is 0 Å². The third kappa shape index (κ3) is 4.57. The molecular formula is C14H20O3. The fourth-order valence-electron chi connectivity index (χ4n) is 1.87. The zero-order chi connectivity index (χ0) is 12.7. The van der Waals surface area contributed by atoms with Crippen molar-refractivity contribution in [3.63, 3.8) is 0 Å². The average Bonchev–Trinajstić information content (AvgIpc) is 2.34. The summed E-state index contributed by atoms with van der Waals surface area (Å²) in [7, 11) is 1.41. The molecule has 0 saturated heterocycles. The molecular weight excluding hydrogens is 216 g/mol. The Morgan fingerprint density at radius 2 is 1.94 bits per heavy atom. The van der Waals surface area contributed by atoms with Gasteiger partial charge in [0.05, 0.1) is 19.1 Å². The molecule has 0 aliphatic heterocycles. The minimum atomic E-state index is -0.316. The third-order valence-electron chi connectivity index (χ3n) is 2.80. The van der Waals surface area contributed by atoms with Crippen molar-refractivity contribution in [2.45, 2.75) is 38.2 Å². The minimum Gasteiger partial charge on any atom is -0.469 e. The first-order valence-electron chi connectivity index (χ1n) is 5.96. The van der Waals surface area contributed by atoms with Crippen LogP contribution in [0.15, 0.2) is 30.3 Å². The van der Waals surface area contributed by atoms with Gasteiger partial charge in [0.1, 0.15) is 0 Å². The van der Waals surface area contributed by atoms with E-state index in [1.807, 2.05) is 30.3 Å². The van der Waals surface area contributed by atoms with Crippen LogP contribution in [-0.4, -0.2) is 24.3 Å². The number of aliphatic hydroxyl groups is 1. The zero-order valence-corrected chi connectivity index (χ0v) is 10.4. The summed E-state index contributed by atoms with van der Waals surface area (Å²) in [5.41, 5.74) is 0.977. The summed E-state index contributed by atoms with van der Waals surface area (Å²) in [6.07, 6.45) is 1.91. The van der Waals surface area contributed by atoms with Crippen LogP contribution < -0.4 is 0 Å². The van der Waals surface area contributed by atoms with Gasteiger partial charge in [0, 0.05) is 0 Å². The number of carbonyl (C=O) groups is 1. The number of carbonyl (C=O) groups excluding carboxylic acids is 1. The number of benzene rings is 1. The first-order chi connectivity index (χ1) is 8.15. The summed E-state index contributed by atoms with van der Waals surface area (Å²) in [4.78, 5) is 11.7. The molecule has 3 heteroatoms. The fourth-order valence-corrected chi connectivity index (χ4v) is 1.87. The van der Waals surface area contributed by atoms with Crippen molar-refractivity contribution in [1.82, 2.24) is 0 Å². The third-order valence-corrected chi connectivity index (χ3v) is 2.80. The van der Waals surface area contributed by atoms with Crippen molar-refractivity contribution in [3.8, 4) is 0 Å². The van der Waals surface area contributed by atoms with Crippen molar-refractivity contribution in [2.75, 3.05) is 7.11 Å². The molecule has 0 heterocycles. The van der Waals surface area contributed by atoms with Gasteiger partial charge in [-0.15, -0.1) is 0 Å². The van der Waals surface area contributed by atoms with Gasteiger partial charge in [-0.05, 0) is 31.7 Å². The van der Waals surface area contributed by atoms with Crippen molar-refractivity contribution < 1.29 is 14.6 Å². The van der Waals surface area contributed by atoms with Crippen LogP contribution in [0.3, 0.4) is 0 Å². The highest BCUT2D eigenvalue weighted by atomic mass is 16.5. The first kappa shape index (κ1) is 13.7. The number of hydrogen-bond acceptors (Lipinski definition) is 3. The van der Waals surface area contributed by atoms with E-state index in [9.17, 15) is 9.90 Å². The molecule has 0 saturated carbocycles. The number of aliphatic hydroxyl groups excluding tert-OH is 1. The molecule has 0 aliphatic rings. The van der Waals surface area contributed by atoms with Crippen molar-refractivity contribution in [1.29, 1.82) is 0 Å². The number of esters is 1. The van der Waals surface area contributed by atoms with E-state index in [0.717, 1.165) is 12.0 Å². The molecule has 0 radical (unpaired) electrons. The maximum atomic E-state index is 11.7. The van der Waals surface area contributed by atoms with Gasteiger partial charge in [-0.25, -0.2) is 0 Å². The van der Waals surface area contributed by atoms with Crippen molar-refractivity contribution in [2.24, 2.45) is 0 Å². The lowest BCUT2D eigenvalue weighted by Crippen LogP contribution is -2.15. The second-order valence-electron chi connectivity index (χ2n) is 4.27. The molecule has 0 spiro atoms. The summed E-state index contributed by atoms with van der Waals surface area (Å²) in [5.74, 6) is -0.429. The van der Waals surface area contributed by atoms with E-state index in [-0.39, 0.29) is 18.0 Å². The molecule has 0 aliphatic carbocycles. The molecule has 1 rings (SSSR count). The fraction of sp³-hybridized carbons (Fsp3) is 0.500. The summed E-state index contributed by atoms with van der Waals surface area (Å²) in [6, 6.07) is 9.63. The molecule has 1 N–H and O–H groups in total. The predicted octanol–water partition coefficient (Wildman–Crippen LogP) is 2.49. The molecule has 1 aromatic rings. The summed E-state index contributed by atoms with van der Waals surface area (Å²) < 4.78 is 4.82. The van der Waals surface area contributed by atoms with E-state index in [4.69, 9.17) is 4.74 Å². The van der Waals surface area contributed by atoms with Gasteiger partial charge in [0.15, 0.2) is 0 Å². The van der Waals surface area contributed by atoms with Crippen LogP contribution in [0.2, 0.25) is 0 Å². The van der Waals surface area contributed by atoms with Crippen LogP contribution in [0.5, 0.6) is 0 Å². The second kappa shape index (κ2) is 7.07. The van der Waals surface area contributed by atoms with E-state index in [1.54, 1.807) is 6.92 Å². The van der Waals surface area contributed by atoms with E-state index in [0.29, 0.717) is 12.8 Å². The largest absolute Gasteiger partial charge is 0.469 e. The Morgan fingerprint density at radius 1 is 1.29 bits per heavy atom. The van der Waals surface area contributed by atoms with Gasteiger partial charge in [-0.3, -0.25) is 4.79 Å². The summed E-state index contributed by atoms with van der Waals surface area (Å²) in [5, 5.41) is 9.22. The van der Waals surface area contributed by atoms with Gasteiger partial charge in [-0.2, -0.15) is 0 Å². The van der Waals surface area contributed by atoms with Gasteiger partial charge in [0.25, 0.3) is 0 Å². The topological polar surface area (TPSA) is 46.5 Å². The van der Waals surface area contributed by atoms with Gasteiger partial charge >= 0.3 is 5.97 Å². The Morgan fingerprint density at radius 3 is 2.47 bits per heavy atom. The normalized spacial score (nSPS) is 14.1. The summed E-state index contributed by atoms with van der Waals surface area (Å²) >= 11 is 0. The molecule has 0 amide bonds. The molecule has 1 aromatic carbocycles. The average molecular weight is 236 g/mol. The maximum Gasteiger partial charge on any atom is 0.313 e. The molecule has 17 heavy (non-hydrogen) atoms. The Balaban J connectivity index is 2.65. The van der Waals surface area contributed by atoms with Gasteiger partial charge in [-0.1, -0.05) is 30.3 Å². The quantitative estimate of drug-likeness (QED) is 0.772. The second-order valence-corrected chi connectivity index (χ2v) is 4.27. The minimum absolute atomic E-state index is 0.207. The highest BCUT2D eigenvalue weighted by Crippen LogP contribution is 2.23. The van der Waals surface area contributed by atoms with Crippen LogP contribution in [-0.2, 0) is 9.53 Å². The Hall–Kier alpha value is -1.35. The predicted molar refractivity (Wildman–Crippen MR) is 66.7 cm³/mol. The number of ether oxygens (including phenoxy) is 1. The van der Waals surface area contributed by atoms with Crippen LogP contribution in [0.1, 0.15) is 37.7 Å².